The number of rotatable bonds is 4. The van der Waals surface area contributed by atoms with E-state index in [9.17, 15) is 8.42 Å². The van der Waals surface area contributed by atoms with Crippen molar-refractivity contribution in [2.45, 2.75) is 44.2 Å². The van der Waals surface area contributed by atoms with Gasteiger partial charge in [0.15, 0.2) is 9.84 Å². The van der Waals surface area contributed by atoms with Gasteiger partial charge in [-0.2, -0.15) is 0 Å². The van der Waals surface area contributed by atoms with Gasteiger partial charge in [0.1, 0.15) is 0 Å². The van der Waals surface area contributed by atoms with Crippen molar-refractivity contribution < 1.29 is 8.42 Å². The van der Waals surface area contributed by atoms with Crippen LogP contribution in [0.2, 0.25) is 0 Å². The van der Waals surface area contributed by atoms with Gasteiger partial charge >= 0.3 is 0 Å². The lowest BCUT2D eigenvalue weighted by Gasteiger charge is -2.38. The van der Waals surface area contributed by atoms with E-state index in [2.05, 4.69) is 24.1 Å². The Labute approximate surface area is 122 Å². The van der Waals surface area contributed by atoms with E-state index in [0.717, 1.165) is 18.8 Å². The fourth-order valence-corrected chi connectivity index (χ4v) is 4.44. The van der Waals surface area contributed by atoms with Gasteiger partial charge in [0.05, 0.1) is 16.3 Å². The van der Waals surface area contributed by atoms with Gasteiger partial charge in [0.25, 0.3) is 0 Å². The first-order valence-corrected chi connectivity index (χ1v) is 8.92. The molecule has 1 fully saturated rings. The minimum atomic E-state index is -3.19. The summed E-state index contributed by atoms with van der Waals surface area (Å²) in [4.78, 5) is 2.66. The van der Waals surface area contributed by atoms with Crippen molar-refractivity contribution in [3.8, 4) is 0 Å². The number of nitrogens with one attached hydrogen (secondary N) is 1. The minimum Gasteiger partial charge on any atom is -0.367 e. The molecule has 1 aromatic rings. The molecule has 5 heteroatoms. The highest BCUT2D eigenvalue weighted by atomic mass is 32.2. The van der Waals surface area contributed by atoms with Crippen molar-refractivity contribution in [2.24, 2.45) is 0 Å². The summed E-state index contributed by atoms with van der Waals surface area (Å²) in [6.45, 7) is 7.83. The Bertz CT molecular complexity index is 547. The van der Waals surface area contributed by atoms with Crippen LogP contribution >= 0.6 is 0 Å². The Morgan fingerprint density at radius 1 is 1.20 bits per heavy atom. The molecule has 1 aromatic carbocycles. The van der Waals surface area contributed by atoms with Gasteiger partial charge in [0.2, 0.25) is 0 Å². The van der Waals surface area contributed by atoms with Gasteiger partial charge in [-0.25, -0.2) is 8.42 Å². The summed E-state index contributed by atoms with van der Waals surface area (Å²) in [7, 11) is -3.19. The molecule has 0 bridgehead atoms. The van der Waals surface area contributed by atoms with Gasteiger partial charge in [0, 0.05) is 25.2 Å². The summed E-state index contributed by atoms with van der Waals surface area (Å²) in [5.74, 6) is 0.210. The summed E-state index contributed by atoms with van der Waals surface area (Å²) in [6.07, 6.45) is 0.644. The Morgan fingerprint density at radius 3 is 2.40 bits per heavy atom. The lowest BCUT2D eigenvalue weighted by Crippen LogP contribution is -2.54. The van der Waals surface area contributed by atoms with Crippen LogP contribution in [0.3, 0.4) is 0 Å². The highest BCUT2D eigenvalue weighted by Gasteiger charge is 2.26. The Morgan fingerprint density at radius 2 is 1.80 bits per heavy atom. The SMILES string of the molecule is CCCS(=O)(=O)c1ccccc1N1CC(C)NC(C)C1. The first kappa shape index (κ1) is 15.3. The standard InChI is InChI=1S/C15H24N2O2S/c1-4-9-20(18,19)15-8-6-5-7-14(15)17-10-12(2)16-13(3)11-17/h5-8,12-13,16H,4,9-11H2,1-3H3. The van der Waals surface area contributed by atoms with Crippen molar-refractivity contribution in [3.63, 3.8) is 0 Å². The average molecular weight is 296 g/mol. The smallest absolute Gasteiger partial charge is 0.180 e. The van der Waals surface area contributed by atoms with Gasteiger partial charge in [-0.05, 0) is 32.4 Å². The molecular weight excluding hydrogens is 272 g/mol. The molecular formula is C15H24N2O2S. The maximum absolute atomic E-state index is 12.4. The molecule has 1 heterocycles. The number of piperazine rings is 1. The molecule has 0 spiro atoms. The minimum absolute atomic E-state index is 0.210. The third-order valence-electron chi connectivity index (χ3n) is 3.57. The first-order valence-electron chi connectivity index (χ1n) is 7.27. The Kier molecular flexibility index (Phi) is 4.70. The van der Waals surface area contributed by atoms with E-state index < -0.39 is 9.84 Å². The molecule has 2 unspecified atom stereocenters. The van der Waals surface area contributed by atoms with Crippen LogP contribution < -0.4 is 10.2 Å². The molecule has 1 N–H and O–H groups in total. The molecule has 1 aliphatic rings. The van der Waals surface area contributed by atoms with Gasteiger partial charge < -0.3 is 10.2 Å². The molecule has 0 aliphatic carbocycles. The maximum Gasteiger partial charge on any atom is 0.180 e. The highest BCUT2D eigenvalue weighted by Crippen LogP contribution is 2.27. The molecule has 20 heavy (non-hydrogen) atoms. The van der Waals surface area contributed by atoms with Crippen molar-refractivity contribution in [1.82, 2.24) is 5.32 Å². The zero-order chi connectivity index (χ0) is 14.8. The summed E-state index contributed by atoms with van der Waals surface area (Å²) in [6, 6.07) is 8.10. The summed E-state index contributed by atoms with van der Waals surface area (Å²) < 4.78 is 24.8. The molecule has 4 nitrogen and oxygen atoms in total. The zero-order valence-corrected chi connectivity index (χ0v) is 13.3. The van der Waals surface area contributed by atoms with Crippen molar-refractivity contribution in [1.29, 1.82) is 0 Å². The largest absolute Gasteiger partial charge is 0.367 e. The van der Waals surface area contributed by atoms with Crippen LogP contribution in [0.5, 0.6) is 0 Å². The van der Waals surface area contributed by atoms with Crippen molar-refractivity contribution in [2.75, 3.05) is 23.7 Å². The van der Waals surface area contributed by atoms with E-state index in [1.807, 2.05) is 19.1 Å². The normalized spacial score (nSPS) is 23.9. The number of anilines is 1. The van der Waals surface area contributed by atoms with Crippen LogP contribution in [0.25, 0.3) is 0 Å². The molecule has 2 rings (SSSR count). The van der Waals surface area contributed by atoms with E-state index in [-0.39, 0.29) is 5.75 Å². The number of para-hydroxylation sites is 1. The number of hydrogen-bond donors (Lipinski definition) is 1. The third kappa shape index (κ3) is 3.33. The topological polar surface area (TPSA) is 49.4 Å². The van der Waals surface area contributed by atoms with Crippen LogP contribution in [0, 0.1) is 0 Å². The maximum atomic E-state index is 12.4. The Balaban J connectivity index is 2.37. The van der Waals surface area contributed by atoms with Crippen LogP contribution in [-0.4, -0.2) is 39.3 Å². The molecule has 0 saturated carbocycles. The summed E-state index contributed by atoms with van der Waals surface area (Å²) >= 11 is 0. The predicted molar refractivity (Wildman–Crippen MR) is 83.1 cm³/mol. The quantitative estimate of drug-likeness (QED) is 0.924. The van der Waals surface area contributed by atoms with E-state index in [0.29, 0.717) is 23.4 Å². The molecule has 0 amide bonds. The average Bonchev–Trinajstić information content (AvgIpc) is 2.37. The number of benzene rings is 1. The second-order valence-corrected chi connectivity index (χ2v) is 7.74. The van der Waals surface area contributed by atoms with Crippen LogP contribution in [0.15, 0.2) is 29.2 Å². The molecule has 2 atom stereocenters. The van der Waals surface area contributed by atoms with E-state index in [1.54, 1.807) is 12.1 Å². The number of sulfone groups is 1. The van der Waals surface area contributed by atoms with Gasteiger partial charge in [-0.15, -0.1) is 0 Å². The predicted octanol–water partition coefficient (Wildman–Crippen LogP) is 2.06. The highest BCUT2D eigenvalue weighted by molar-refractivity contribution is 7.91. The first-order chi connectivity index (χ1) is 9.44. The zero-order valence-electron chi connectivity index (χ0n) is 12.5. The molecule has 0 radical (unpaired) electrons. The van der Waals surface area contributed by atoms with Gasteiger partial charge in [-0.1, -0.05) is 19.1 Å². The second-order valence-electron chi connectivity index (χ2n) is 5.66. The Hall–Kier alpha value is -1.07. The van der Waals surface area contributed by atoms with E-state index in [1.165, 1.54) is 0 Å². The lowest BCUT2D eigenvalue weighted by molar-refractivity contribution is 0.405. The van der Waals surface area contributed by atoms with E-state index in [4.69, 9.17) is 0 Å². The fraction of sp³-hybridized carbons (Fsp3) is 0.600. The van der Waals surface area contributed by atoms with Crippen LogP contribution in [-0.2, 0) is 9.84 Å². The summed E-state index contributed by atoms with van der Waals surface area (Å²) in [5.41, 5.74) is 0.848. The number of nitrogens with zero attached hydrogens (tertiary/aromatic N) is 1. The molecule has 1 saturated heterocycles. The molecule has 0 aromatic heterocycles. The monoisotopic (exact) mass is 296 g/mol. The van der Waals surface area contributed by atoms with E-state index >= 15 is 0 Å². The molecule has 1 aliphatic heterocycles. The third-order valence-corrected chi connectivity index (χ3v) is 5.53. The van der Waals surface area contributed by atoms with Crippen molar-refractivity contribution in [3.05, 3.63) is 24.3 Å². The van der Waals surface area contributed by atoms with Crippen LogP contribution in [0.4, 0.5) is 5.69 Å². The van der Waals surface area contributed by atoms with Crippen LogP contribution in [0.1, 0.15) is 27.2 Å². The van der Waals surface area contributed by atoms with Gasteiger partial charge in [-0.3, -0.25) is 0 Å². The fourth-order valence-electron chi connectivity index (χ4n) is 2.88. The van der Waals surface area contributed by atoms with Crippen molar-refractivity contribution >= 4 is 15.5 Å². The number of hydrogen-bond acceptors (Lipinski definition) is 4. The second kappa shape index (κ2) is 6.14. The molecule has 112 valence electrons. The summed E-state index contributed by atoms with van der Waals surface area (Å²) in [5, 5.41) is 3.47. The lowest BCUT2D eigenvalue weighted by atomic mass is 10.1.